The predicted octanol–water partition coefficient (Wildman–Crippen LogP) is 2.71. The van der Waals surface area contributed by atoms with E-state index in [0.717, 1.165) is 36.9 Å². The van der Waals surface area contributed by atoms with Gasteiger partial charge in [-0.1, -0.05) is 18.2 Å². The molecule has 1 aromatic carbocycles. The van der Waals surface area contributed by atoms with Crippen LogP contribution in [0.3, 0.4) is 0 Å². The maximum atomic E-state index is 5.36. The van der Waals surface area contributed by atoms with Crippen molar-refractivity contribution in [2.75, 3.05) is 33.8 Å². The van der Waals surface area contributed by atoms with E-state index in [-0.39, 0.29) is 24.0 Å². The van der Waals surface area contributed by atoms with Gasteiger partial charge in [0.1, 0.15) is 5.75 Å². The first kappa shape index (κ1) is 22.0. The van der Waals surface area contributed by atoms with Crippen molar-refractivity contribution < 1.29 is 4.74 Å². The van der Waals surface area contributed by atoms with Crippen LogP contribution in [0.5, 0.6) is 5.75 Å². The van der Waals surface area contributed by atoms with Gasteiger partial charge in [0.25, 0.3) is 0 Å². The van der Waals surface area contributed by atoms with Gasteiger partial charge in [0.05, 0.1) is 13.7 Å². The Balaban J connectivity index is 0.00000484. The van der Waals surface area contributed by atoms with Gasteiger partial charge >= 0.3 is 0 Å². The third kappa shape index (κ3) is 8.41. The predicted molar refractivity (Wildman–Crippen MR) is 109 cm³/mol. The fourth-order valence-electron chi connectivity index (χ4n) is 1.95. The number of benzene rings is 1. The second-order valence-electron chi connectivity index (χ2n) is 5.51. The molecule has 0 unspecified atom stereocenters. The number of para-hydroxylation sites is 1. The van der Waals surface area contributed by atoms with Crippen LogP contribution in [-0.4, -0.2) is 50.7 Å². The van der Waals surface area contributed by atoms with E-state index < -0.39 is 0 Å². The van der Waals surface area contributed by atoms with Gasteiger partial charge in [0, 0.05) is 31.2 Å². The molecule has 23 heavy (non-hydrogen) atoms. The molecule has 2 N–H and O–H groups in total. The lowest BCUT2D eigenvalue weighted by molar-refractivity contribution is 0.278. The highest BCUT2D eigenvalue weighted by Crippen LogP contribution is 2.17. The number of nitrogens with one attached hydrogen (secondary N) is 2. The Hall–Kier alpha value is -1.02. The molecule has 0 spiro atoms. The summed E-state index contributed by atoms with van der Waals surface area (Å²) in [6.07, 6.45) is 0. The van der Waals surface area contributed by atoms with Gasteiger partial charge in [0.15, 0.2) is 5.96 Å². The summed E-state index contributed by atoms with van der Waals surface area (Å²) in [7, 11) is 3.82. The second kappa shape index (κ2) is 12.4. The summed E-state index contributed by atoms with van der Waals surface area (Å²) in [6, 6.07) is 8.53. The first-order chi connectivity index (χ1) is 10.6. The van der Waals surface area contributed by atoms with Crippen molar-refractivity contribution >= 4 is 29.9 Å². The number of halogens is 1. The van der Waals surface area contributed by atoms with Gasteiger partial charge < -0.3 is 20.3 Å². The largest absolute Gasteiger partial charge is 0.496 e. The maximum Gasteiger partial charge on any atom is 0.191 e. The van der Waals surface area contributed by atoms with E-state index in [1.54, 1.807) is 7.11 Å². The van der Waals surface area contributed by atoms with Crippen molar-refractivity contribution in [1.29, 1.82) is 0 Å². The fourth-order valence-corrected chi connectivity index (χ4v) is 1.95. The van der Waals surface area contributed by atoms with Gasteiger partial charge in [-0.15, -0.1) is 24.0 Å². The van der Waals surface area contributed by atoms with Crippen LogP contribution in [0.2, 0.25) is 0 Å². The zero-order valence-corrected chi connectivity index (χ0v) is 17.3. The van der Waals surface area contributed by atoms with Gasteiger partial charge in [0.2, 0.25) is 0 Å². The minimum atomic E-state index is 0. The average molecular weight is 434 g/mol. The van der Waals surface area contributed by atoms with Crippen LogP contribution in [0.4, 0.5) is 0 Å². The molecule has 0 saturated heterocycles. The molecule has 0 aliphatic carbocycles. The molecule has 132 valence electrons. The van der Waals surface area contributed by atoms with Crippen LogP contribution in [0.25, 0.3) is 0 Å². The Morgan fingerprint density at radius 2 is 1.96 bits per heavy atom. The average Bonchev–Trinajstić information content (AvgIpc) is 2.52. The number of rotatable bonds is 8. The molecule has 0 aromatic heterocycles. The van der Waals surface area contributed by atoms with E-state index in [4.69, 9.17) is 4.74 Å². The van der Waals surface area contributed by atoms with Crippen molar-refractivity contribution in [3.8, 4) is 5.75 Å². The summed E-state index contributed by atoms with van der Waals surface area (Å²) < 4.78 is 5.36. The molecule has 0 aliphatic rings. The zero-order chi connectivity index (χ0) is 16.4. The number of hydrogen-bond donors (Lipinski definition) is 2. The third-order valence-electron chi connectivity index (χ3n) is 3.58. The second-order valence-corrected chi connectivity index (χ2v) is 5.51. The molecule has 0 saturated carbocycles. The smallest absolute Gasteiger partial charge is 0.191 e. The molecular formula is C17H31IN4O. The van der Waals surface area contributed by atoms with Gasteiger partial charge in [-0.25, -0.2) is 4.99 Å². The zero-order valence-electron chi connectivity index (χ0n) is 14.9. The number of methoxy groups -OCH3 is 1. The summed E-state index contributed by atoms with van der Waals surface area (Å²) >= 11 is 0. The van der Waals surface area contributed by atoms with E-state index in [9.17, 15) is 0 Å². The highest BCUT2D eigenvalue weighted by Gasteiger charge is 2.04. The normalized spacial score (nSPS) is 11.3. The molecule has 5 nitrogen and oxygen atoms in total. The van der Waals surface area contributed by atoms with Gasteiger partial charge in [-0.3, -0.25) is 0 Å². The Kier molecular flexibility index (Phi) is 11.9. The standard InChI is InChI=1S/C17H30N4O.HI/c1-6-18-17(19-11-12-21(4)14(2)3)20-13-15-9-7-8-10-16(15)22-5;/h7-10,14H,6,11-13H2,1-5H3,(H2,18,19,20);1H. The van der Waals surface area contributed by atoms with E-state index in [1.807, 2.05) is 24.3 Å². The van der Waals surface area contributed by atoms with Crippen molar-refractivity contribution in [2.24, 2.45) is 4.99 Å². The van der Waals surface area contributed by atoms with E-state index >= 15 is 0 Å². The lowest BCUT2D eigenvalue weighted by Crippen LogP contribution is -2.42. The number of likely N-dealkylation sites (N-methyl/N-ethyl adjacent to an activating group) is 1. The van der Waals surface area contributed by atoms with Crippen LogP contribution < -0.4 is 15.4 Å². The van der Waals surface area contributed by atoms with Gasteiger partial charge in [-0.2, -0.15) is 0 Å². The third-order valence-corrected chi connectivity index (χ3v) is 3.58. The minimum Gasteiger partial charge on any atom is -0.496 e. The summed E-state index contributed by atoms with van der Waals surface area (Å²) in [4.78, 5) is 6.93. The summed E-state index contributed by atoms with van der Waals surface area (Å²) in [5.41, 5.74) is 1.08. The fraction of sp³-hybridized carbons (Fsp3) is 0.588. The number of aliphatic imine (C=N–C) groups is 1. The van der Waals surface area contributed by atoms with Crippen molar-refractivity contribution in [3.05, 3.63) is 29.8 Å². The molecule has 0 radical (unpaired) electrons. The number of ether oxygens (including phenoxy) is 1. The highest BCUT2D eigenvalue weighted by atomic mass is 127. The number of nitrogens with zero attached hydrogens (tertiary/aromatic N) is 2. The topological polar surface area (TPSA) is 48.9 Å². The van der Waals surface area contributed by atoms with E-state index in [1.165, 1.54) is 0 Å². The molecule has 0 heterocycles. The van der Waals surface area contributed by atoms with Crippen LogP contribution in [0.15, 0.2) is 29.3 Å². The molecule has 0 amide bonds. The number of guanidine groups is 1. The lowest BCUT2D eigenvalue weighted by Gasteiger charge is -2.21. The first-order valence-corrected chi connectivity index (χ1v) is 7.92. The first-order valence-electron chi connectivity index (χ1n) is 7.92. The highest BCUT2D eigenvalue weighted by molar-refractivity contribution is 14.0. The maximum absolute atomic E-state index is 5.36. The lowest BCUT2D eigenvalue weighted by atomic mass is 10.2. The Bertz CT molecular complexity index is 466. The van der Waals surface area contributed by atoms with Crippen molar-refractivity contribution in [1.82, 2.24) is 15.5 Å². The molecule has 6 heteroatoms. The van der Waals surface area contributed by atoms with Crippen LogP contribution in [-0.2, 0) is 6.54 Å². The minimum absolute atomic E-state index is 0. The molecule has 0 bridgehead atoms. The molecule has 0 aliphatic heterocycles. The molecule has 1 rings (SSSR count). The summed E-state index contributed by atoms with van der Waals surface area (Å²) in [5, 5.41) is 6.64. The Morgan fingerprint density at radius 1 is 1.26 bits per heavy atom. The molecule has 0 fully saturated rings. The summed E-state index contributed by atoms with van der Waals surface area (Å²) in [5.74, 6) is 1.72. The Labute approximate surface area is 157 Å². The van der Waals surface area contributed by atoms with E-state index in [0.29, 0.717) is 12.6 Å². The van der Waals surface area contributed by atoms with Crippen molar-refractivity contribution in [2.45, 2.75) is 33.4 Å². The van der Waals surface area contributed by atoms with Crippen LogP contribution >= 0.6 is 24.0 Å². The summed E-state index contributed by atoms with van der Waals surface area (Å²) in [6.45, 7) is 9.75. The molecule has 0 atom stereocenters. The van der Waals surface area contributed by atoms with Crippen LogP contribution in [0.1, 0.15) is 26.3 Å². The SMILES string of the molecule is CCNC(=NCc1ccccc1OC)NCCN(C)C(C)C.I. The monoisotopic (exact) mass is 434 g/mol. The van der Waals surface area contributed by atoms with Gasteiger partial charge in [-0.05, 0) is 33.9 Å². The van der Waals surface area contributed by atoms with E-state index in [2.05, 4.69) is 48.3 Å². The van der Waals surface area contributed by atoms with Crippen LogP contribution in [0, 0.1) is 0 Å². The molecule has 1 aromatic rings. The van der Waals surface area contributed by atoms with Crippen molar-refractivity contribution in [3.63, 3.8) is 0 Å². The number of hydrogen-bond acceptors (Lipinski definition) is 3. The Morgan fingerprint density at radius 3 is 2.57 bits per heavy atom. The quantitative estimate of drug-likeness (QED) is 0.375. The molecular weight excluding hydrogens is 403 g/mol.